The highest BCUT2D eigenvalue weighted by Gasteiger charge is 2.29. The summed E-state index contributed by atoms with van der Waals surface area (Å²) >= 11 is 0. The second-order valence-electron chi connectivity index (χ2n) is 5.92. The Morgan fingerprint density at radius 1 is 1.38 bits per heavy atom. The zero-order valence-corrected chi connectivity index (χ0v) is 13.6. The van der Waals surface area contributed by atoms with Gasteiger partial charge in [-0.05, 0) is 55.0 Å². The summed E-state index contributed by atoms with van der Waals surface area (Å²) in [7, 11) is 0. The molecule has 1 atom stereocenters. The summed E-state index contributed by atoms with van der Waals surface area (Å²) in [5.74, 6) is 0. The Morgan fingerprint density at radius 3 is 2.75 bits per heavy atom. The number of benzene rings is 1. The van der Waals surface area contributed by atoms with Crippen LogP contribution in [0.5, 0.6) is 0 Å². The number of hydrogen-bond acceptors (Lipinski definition) is 3. The number of carbonyl (C=O) groups is 1. The van der Waals surface area contributed by atoms with Crippen molar-refractivity contribution in [3.63, 3.8) is 0 Å². The zero-order chi connectivity index (χ0) is 17.1. The molecule has 5 heteroatoms. The molecule has 1 aliphatic rings. The minimum atomic E-state index is -0.890. The van der Waals surface area contributed by atoms with Crippen LogP contribution < -0.4 is 0 Å². The third kappa shape index (κ3) is 2.83. The summed E-state index contributed by atoms with van der Waals surface area (Å²) in [5.41, 5.74) is 4.84. The number of fused-ring (bicyclic) bond motifs is 1. The molecule has 1 amide bonds. The molecule has 1 heterocycles. The van der Waals surface area contributed by atoms with E-state index in [1.165, 1.54) is 10.5 Å². The monoisotopic (exact) mass is 321 g/mol. The standard InChI is InChI=1S/C19H19N3O2/c1-2-22(19(23)24)18-5-3-4-15-16(11-21-12-17(15)18)14-8-6-13(10-20)7-9-14/h6-9,11-12,18H,2-5H2,1H3,(H,23,24). The van der Waals surface area contributed by atoms with Crippen LogP contribution in [-0.4, -0.2) is 27.6 Å². The minimum absolute atomic E-state index is 0.137. The van der Waals surface area contributed by atoms with Gasteiger partial charge in [0.2, 0.25) is 0 Å². The Hall–Kier alpha value is -2.87. The van der Waals surface area contributed by atoms with Gasteiger partial charge in [-0.1, -0.05) is 12.1 Å². The molecular weight excluding hydrogens is 302 g/mol. The van der Waals surface area contributed by atoms with E-state index in [9.17, 15) is 9.90 Å². The Morgan fingerprint density at radius 2 is 2.12 bits per heavy atom. The first-order valence-electron chi connectivity index (χ1n) is 8.12. The van der Waals surface area contributed by atoms with Gasteiger partial charge in [0.25, 0.3) is 0 Å². The summed E-state index contributed by atoms with van der Waals surface area (Å²) in [4.78, 5) is 17.4. The van der Waals surface area contributed by atoms with Crippen LogP contribution in [0.4, 0.5) is 4.79 Å². The van der Waals surface area contributed by atoms with Crippen LogP contribution in [0.2, 0.25) is 0 Å². The van der Waals surface area contributed by atoms with Crippen LogP contribution >= 0.6 is 0 Å². The average Bonchev–Trinajstić information content (AvgIpc) is 2.62. The van der Waals surface area contributed by atoms with Crippen molar-refractivity contribution in [2.75, 3.05) is 6.54 Å². The highest BCUT2D eigenvalue weighted by Crippen LogP contribution is 2.38. The van der Waals surface area contributed by atoms with Gasteiger partial charge >= 0.3 is 6.09 Å². The number of aromatic nitrogens is 1. The summed E-state index contributed by atoms with van der Waals surface area (Å²) in [5, 5.41) is 18.4. The fraction of sp³-hybridized carbons (Fsp3) is 0.316. The van der Waals surface area contributed by atoms with Crippen molar-refractivity contribution in [1.29, 1.82) is 5.26 Å². The van der Waals surface area contributed by atoms with E-state index in [1.54, 1.807) is 18.3 Å². The first kappa shape index (κ1) is 16.0. The maximum absolute atomic E-state index is 11.5. The van der Waals surface area contributed by atoms with Gasteiger partial charge in [-0.25, -0.2) is 4.79 Å². The molecule has 1 aromatic carbocycles. The predicted octanol–water partition coefficient (Wildman–Crippen LogP) is 4.00. The first-order chi connectivity index (χ1) is 11.7. The van der Waals surface area contributed by atoms with Gasteiger partial charge in [-0.2, -0.15) is 5.26 Å². The lowest BCUT2D eigenvalue weighted by Gasteiger charge is -2.34. The van der Waals surface area contributed by atoms with Crippen molar-refractivity contribution in [2.45, 2.75) is 32.2 Å². The van der Waals surface area contributed by atoms with Gasteiger partial charge in [-0.15, -0.1) is 0 Å². The summed E-state index contributed by atoms with van der Waals surface area (Å²) < 4.78 is 0. The van der Waals surface area contributed by atoms with Gasteiger partial charge in [0, 0.05) is 24.5 Å². The largest absolute Gasteiger partial charge is 0.465 e. The zero-order valence-electron chi connectivity index (χ0n) is 13.6. The summed E-state index contributed by atoms with van der Waals surface area (Å²) in [6, 6.07) is 9.43. The van der Waals surface area contributed by atoms with Crippen molar-refractivity contribution in [2.24, 2.45) is 0 Å². The van der Waals surface area contributed by atoms with Crippen molar-refractivity contribution in [3.05, 3.63) is 53.3 Å². The van der Waals surface area contributed by atoms with E-state index in [-0.39, 0.29) is 6.04 Å². The summed E-state index contributed by atoms with van der Waals surface area (Å²) in [6.45, 7) is 2.32. The highest BCUT2D eigenvalue weighted by molar-refractivity contribution is 5.70. The molecular formula is C19H19N3O2. The van der Waals surface area contributed by atoms with Gasteiger partial charge in [-0.3, -0.25) is 4.98 Å². The molecule has 0 saturated carbocycles. The topological polar surface area (TPSA) is 77.2 Å². The lowest BCUT2D eigenvalue weighted by molar-refractivity contribution is 0.122. The Balaban J connectivity index is 2.06. The number of nitrogens with zero attached hydrogens (tertiary/aromatic N) is 3. The molecule has 2 aromatic rings. The number of nitriles is 1. The lowest BCUT2D eigenvalue weighted by Crippen LogP contribution is -2.35. The quantitative estimate of drug-likeness (QED) is 0.927. The maximum Gasteiger partial charge on any atom is 0.407 e. The van der Waals surface area contributed by atoms with Crippen LogP contribution in [0.25, 0.3) is 11.1 Å². The molecule has 0 fully saturated rings. The second-order valence-corrected chi connectivity index (χ2v) is 5.92. The van der Waals surface area contributed by atoms with Crippen LogP contribution in [0.15, 0.2) is 36.7 Å². The SMILES string of the molecule is CCN(C(=O)O)C1CCCc2c(-c3ccc(C#N)cc3)cncc21. The molecule has 0 aliphatic heterocycles. The smallest absolute Gasteiger partial charge is 0.407 e. The fourth-order valence-corrected chi connectivity index (χ4v) is 3.48. The van der Waals surface area contributed by atoms with E-state index < -0.39 is 6.09 Å². The van der Waals surface area contributed by atoms with Crippen LogP contribution in [0.1, 0.15) is 42.5 Å². The van der Waals surface area contributed by atoms with Crippen LogP contribution in [0, 0.1) is 11.3 Å². The molecule has 3 rings (SSSR count). The molecule has 122 valence electrons. The molecule has 5 nitrogen and oxygen atoms in total. The Kier molecular flexibility index (Phi) is 4.48. The number of pyridine rings is 1. The molecule has 0 saturated heterocycles. The predicted molar refractivity (Wildman–Crippen MR) is 90.5 cm³/mol. The number of rotatable bonds is 3. The number of carboxylic acid groups (broad SMARTS) is 1. The molecule has 24 heavy (non-hydrogen) atoms. The minimum Gasteiger partial charge on any atom is -0.465 e. The van der Waals surface area contributed by atoms with Gasteiger partial charge in [0.05, 0.1) is 17.7 Å². The van der Waals surface area contributed by atoms with Crippen LogP contribution in [0.3, 0.4) is 0 Å². The second kappa shape index (κ2) is 6.71. The Labute approximate surface area is 141 Å². The van der Waals surface area contributed by atoms with Crippen molar-refractivity contribution in [1.82, 2.24) is 9.88 Å². The molecule has 1 aliphatic carbocycles. The van der Waals surface area contributed by atoms with E-state index in [0.29, 0.717) is 12.1 Å². The van der Waals surface area contributed by atoms with E-state index in [0.717, 1.165) is 36.0 Å². The van der Waals surface area contributed by atoms with E-state index in [4.69, 9.17) is 5.26 Å². The molecule has 1 aromatic heterocycles. The normalized spacial score (nSPS) is 16.1. The third-order valence-corrected chi connectivity index (χ3v) is 4.64. The van der Waals surface area contributed by atoms with Gasteiger partial charge in [0.1, 0.15) is 0 Å². The average molecular weight is 321 g/mol. The van der Waals surface area contributed by atoms with E-state index in [1.807, 2.05) is 25.3 Å². The maximum atomic E-state index is 11.5. The van der Waals surface area contributed by atoms with Crippen LogP contribution in [-0.2, 0) is 6.42 Å². The van der Waals surface area contributed by atoms with Gasteiger partial charge in [0.15, 0.2) is 0 Å². The lowest BCUT2D eigenvalue weighted by atomic mass is 9.84. The van der Waals surface area contributed by atoms with E-state index >= 15 is 0 Å². The summed E-state index contributed by atoms with van der Waals surface area (Å²) in [6.07, 6.45) is 5.44. The van der Waals surface area contributed by atoms with Gasteiger partial charge < -0.3 is 10.0 Å². The highest BCUT2D eigenvalue weighted by atomic mass is 16.4. The van der Waals surface area contributed by atoms with Crippen molar-refractivity contribution in [3.8, 4) is 17.2 Å². The molecule has 1 N–H and O–H groups in total. The third-order valence-electron chi connectivity index (χ3n) is 4.64. The van der Waals surface area contributed by atoms with E-state index in [2.05, 4.69) is 11.1 Å². The Bertz CT molecular complexity index is 793. The molecule has 0 spiro atoms. The number of amides is 1. The van der Waals surface area contributed by atoms with Crippen molar-refractivity contribution < 1.29 is 9.90 Å². The number of hydrogen-bond donors (Lipinski definition) is 1. The molecule has 0 bridgehead atoms. The molecule has 0 radical (unpaired) electrons. The van der Waals surface area contributed by atoms with Crippen molar-refractivity contribution >= 4 is 6.09 Å². The first-order valence-corrected chi connectivity index (χ1v) is 8.12. The molecule has 1 unspecified atom stereocenters. The fourth-order valence-electron chi connectivity index (χ4n) is 3.48.